The van der Waals surface area contributed by atoms with Crippen LogP contribution in [0, 0.1) is 5.41 Å². The normalized spacial score (nSPS) is 24.9. The molecule has 0 radical (unpaired) electrons. The van der Waals surface area contributed by atoms with E-state index in [9.17, 15) is 18.0 Å². The number of nitrogens with one attached hydrogen (secondary N) is 1. The van der Waals surface area contributed by atoms with Gasteiger partial charge in [-0.15, -0.1) is 0 Å². The van der Waals surface area contributed by atoms with Gasteiger partial charge in [-0.25, -0.2) is 0 Å². The van der Waals surface area contributed by atoms with Crippen molar-refractivity contribution >= 4 is 16.8 Å². The largest absolute Gasteiger partial charge is 0.416 e. The zero-order valence-electron chi connectivity index (χ0n) is 16.6. The number of nitrogens with zero attached hydrogens (tertiary/aromatic N) is 2. The highest BCUT2D eigenvalue weighted by molar-refractivity contribution is 6.06. The van der Waals surface area contributed by atoms with Crippen LogP contribution in [0.4, 0.5) is 13.2 Å². The first-order valence-corrected chi connectivity index (χ1v) is 10.2. The first-order valence-electron chi connectivity index (χ1n) is 10.2. The Labute approximate surface area is 172 Å². The molecule has 1 N–H and O–H groups in total. The molecule has 0 unspecified atom stereocenters. The molecule has 3 fully saturated rings. The predicted molar refractivity (Wildman–Crippen MR) is 107 cm³/mol. The quantitative estimate of drug-likeness (QED) is 0.628. The fourth-order valence-corrected chi connectivity index (χ4v) is 5.23. The van der Waals surface area contributed by atoms with Gasteiger partial charge < -0.3 is 5.32 Å². The summed E-state index contributed by atoms with van der Waals surface area (Å²) in [6.45, 7) is 2.49. The number of alkyl halides is 3. The summed E-state index contributed by atoms with van der Waals surface area (Å²) in [5.41, 5.74) is 1.63. The molecule has 0 aliphatic heterocycles. The number of rotatable bonds is 5. The highest BCUT2D eigenvalue weighted by Crippen LogP contribution is 2.68. The van der Waals surface area contributed by atoms with Crippen molar-refractivity contribution in [3.8, 4) is 0 Å². The maximum atomic E-state index is 13.1. The predicted octanol–water partition coefficient (Wildman–Crippen LogP) is 5.17. The van der Waals surface area contributed by atoms with Gasteiger partial charge in [0.2, 0.25) is 0 Å². The van der Waals surface area contributed by atoms with E-state index in [1.54, 1.807) is 16.9 Å². The lowest BCUT2D eigenvalue weighted by Crippen LogP contribution is -2.74. The van der Waals surface area contributed by atoms with E-state index in [2.05, 4.69) is 17.3 Å². The molecule has 2 bridgehead atoms. The van der Waals surface area contributed by atoms with Crippen LogP contribution in [0.3, 0.4) is 0 Å². The lowest BCUT2D eigenvalue weighted by Gasteiger charge is -2.70. The first kappa shape index (κ1) is 19.2. The lowest BCUT2D eigenvalue weighted by atomic mass is 9.38. The molecule has 3 aromatic rings. The first-order chi connectivity index (χ1) is 14.2. The molecule has 1 heterocycles. The molecule has 0 saturated heterocycles. The molecule has 1 amide bonds. The molecule has 3 aliphatic rings. The zero-order chi connectivity index (χ0) is 21.1. The summed E-state index contributed by atoms with van der Waals surface area (Å²) in [6, 6.07) is 10.5. The Morgan fingerprint density at radius 2 is 1.83 bits per heavy atom. The van der Waals surface area contributed by atoms with Crippen LogP contribution in [-0.2, 0) is 12.7 Å². The van der Waals surface area contributed by atoms with E-state index in [-0.39, 0.29) is 18.0 Å². The molecule has 2 aromatic carbocycles. The average Bonchev–Trinajstić information content (AvgIpc) is 3.06. The van der Waals surface area contributed by atoms with Crippen molar-refractivity contribution < 1.29 is 18.0 Å². The molecule has 0 spiro atoms. The van der Waals surface area contributed by atoms with Gasteiger partial charge in [-0.1, -0.05) is 37.6 Å². The summed E-state index contributed by atoms with van der Waals surface area (Å²) in [6.07, 6.45) is 1.61. The molecule has 7 heteroatoms. The molecule has 3 aliphatic carbocycles. The highest BCUT2D eigenvalue weighted by Gasteiger charge is 2.67. The van der Waals surface area contributed by atoms with Crippen molar-refractivity contribution in [2.75, 3.05) is 0 Å². The van der Waals surface area contributed by atoms with Gasteiger partial charge in [0.15, 0.2) is 0 Å². The maximum absolute atomic E-state index is 13.1. The van der Waals surface area contributed by atoms with Gasteiger partial charge in [-0.3, -0.25) is 9.48 Å². The van der Waals surface area contributed by atoms with Crippen LogP contribution in [0.2, 0.25) is 0 Å². The monoisotopic (exact) mass is 413 g/mol. The van der Waals surface area contributed by atoms with Gasteiger partial charge in [-0.05, 0) is 48.4 Å². The summed E-state index contributed by atoms with van der Waals surface area (Å²) in [5, 5.41) is 8.44. The Hall–Kier alpha value is -2.83. The Morgan fingerprint density at radius 3 is 2.47 bits per heavy atom. The standard InChI is InChI=1S/C23H22F3N3O/c1-2-21-12-22(13-21,14-21)28-20(30)18-5-3-4-16-10-27-29(19(16)18)11-15-6-8-17(9-7-15)23(24,25)26/h3-10H,2,11-14H2,1H3,(H,28,30). The number of aromatic nitrogens is 2. The SMILES string of the molecule is CCC12CC(NC(=O)c3cccc4cnn(Cc5ccc(C(F)(F)F)cc5)c34)(C1)C2. The fraction of sp³-hybridized carbons (Fsp3) is 0.391. The average molecular weight is 413 g/mol. The number of para-hydroxylation sites is 1. The van der Waals surface area contributed by atoms with Gasteiger partial charge >= 0.3 is 6.18 Å². The molecule has 3 saturated carbocycles. The highest BCUT2D eigenvalue weighted by atomic mass is 19.4. The van der Waals surface area contributed by atoms with E-state index in [1.165, 1.54) is 12.1 Å². The van der Waals surface area contributed by atoms with Crippen molar-refractivity contribution in [3.05, 3.63) is 65.4 Å². The van der Waals surface area contributed by atoms with E-state index in [0.717, 1.165) is 43.2 Å². The number of fused-ring (bicyclic) bond motifs is 1. The van der Waals surface area contributed by atoms with Gasteiger partial charge in [-0.2, -0.15) is 18.3 Å². The van der Waals surface area contributed by atoms with Crippen LogP contribution in [-0.4, -0.2) is 21.2 Å². The van der Waals surface area contributed by atoms with Gasteiger partial charge in [0, 0.05) is 10.9 Å². The van der Waals surface area contributed by atoms with E-state index in [1.807, 2.05) is 12.1 Å². The van der Waals surface area contributed by atoms with Crippen LogP contribution in [0.5, 0.6) is 0 Å². The second-order valence-corrected chi connectivity index (χ2v) is 8.86. The smallest absolute Gasteiger partial charge is 0.346 e. The third kappa shape index (κ3) is 2.99. The van der Waals surface area contributed by atoms with Crippen molar-refractivity contribution in [2.45, 2.75) is 50.9 Å². The summed E-state index contributed by atoms with van der Waals surface area (Å²) < 4.78 is 40.1. The minimum Gasteiger partial charge on any atom is -0.346 e. The van der Waals surface area contributed by atoms with Gasteiger partial charge in [0.1, 0.15) is 0 Å². The van der Waals surface area contributed by atoms with E-state index >= 15 is 0 Å². The number of carbonyl (C=O) groups excluding carboxylic acids is 1. The minimum atomic E-state index is -4.36. The Bertz CT molecular complexity index is 1110. The Morgan fingerprint density at radius 1 is 1.13 bits per heavy atom. The Kier molecular flexibility index (Phi) is 4.04. The van der Waals surface area contributed by atoms with Crippen molar-refractivity contribution in [3.63, 3.8) is 0 Å². The molecule has 30 heavy (non-hydrogen) atoms. The van der Waals surface area contributed by atoms with Crippen LogP contribution in [0.25, 0.3) is 10.9 Å². The molecular weight excluding hydrogens is 391 g/mol. The van der Waals surface area contributed by atoms with Crippen LogP contribution in [0.15, 0.2) is 48.7 Å². The fourth-order valence-electron chi connectivity index (χ4n) is 5.23. The van der Waals surface area contributed by atoms with Crippen molar-refractivity contribution in [1.82, 2.24) is 15.1 Å². The van der Waals surface area contributed by atoms with Crippen molar-refractivity contribution in [2.24, 2.45) is 5.41 Å². The third-order valence-corrected chi connectivity index (χ3v) is 6.79. The van der Waals surface area contributed by atoms with Crippen molar-refractivity contribution in [1.29, 1.82) is 0 Å². The minimum absolute atomic E-state index is 0.0620. The molecule has 156 valence electrons. The van der Waals surface area contributed by atoms with Crippen LogP contribution in [0.1, 0.15) is 54.1 Å². The zero-order valence-corrected chi connectivity index (χ0v) is 16.6. The lowest BCUT2D eigenvalue weighted by molar-refractivity contribution is -0.149. The summed E-state index contributed by atoms with van der Waals surface area (Å²) >= 11 is 0. The third-order valence-electron chi connectivity index (χ3n) is 6.79. The number of halogens is 3. The van der Waals surface area contributed by atoms with E-state index in [0.29, 0.717) is 22.1 Å². The Balaban J connectivity index is 1.40. The summed E-state index contributed by atoms with van der Waals surface area (Å²) in [5.74, 6) is -0.112. The summed E-state index contributed by atoms with van der Waals surface area (Å²) in [4.78, 5) is 13.1. The second kappa shape index (κ2) is 6.33. The maximum Gasteiger partial charge on any atom is 0.416 e. The van der Waals surface area contributed by atoms with Gasteiger partial charge in [0.05, 0.1) is 29.4 Å². The summed E-state index contributed by atoms with van der Waals surface area (Å²) in [7, 11) is 0. The number of hydrogen-bond acceptors (Lipinski definition) is 2. The van der Waals surface area contributed by atoms with Crippen LogP contribution >= 0.6 is 0 Å². The van der Waals surface area contributed by atoms with E-state index < -0.39 is 11.7 Å². The molecule has 6 rings (SSSR count). The van der Waals surface area contributed by atoms with E-state index in [4.69, 9.17) is 0 Å². The molecular formula is C23H22F3N3O. The van der Waals surface area contributed by atoms with Gasteiger partial charge in [0.25, 0.3) is 5.91 Å². The number of carbonyl (C=O) groups is 1. The topological polar surface area (TPSA) is 46.9 Å². The molecule has 4 nitrogen and oxygen atoms in total. The second-order valence-electron chi connectivity index (χ2n) is 8.86. The number of benzene rings is 2. The number of hydrogen-bond donors (Lipinski definition) is 1. The van der Waals surface area contributed by atoms with Crippen LogP contribution < -0.4 is 5.32 Å². The molecule has 0 atom stereocenters. The number of amides is 1. The molecule has 1 aromatic heterocycles.